The van der Waals surface area contributed by atoms with Crippen LogP contribution >= 0.6 is 0 Å². The van der Waals surface area contributed by atoms with Crippen molar-refractivity contribution in [2.45, 2.75) is 6.10 Å². The summed E-state index contributed by atoms with van der Waals surface area (Å²) in [5.74, 6) is -1.58. The van der Waals surface area contributed by atoms with Crippen molar-refractivity contribution in [3.63, 3.8) is 0 Å². The quantitative estimate of drug-likeness (QED) is 0.499. The lowest BCUT2D eigenvalue weighted by atomic mass is 10.1. The Balaban J connectivity index is 1.75. The van der Waals surface area contributed by atoms with Crippen LogP contribution in [0.3, 0.4) is 0 Å². The highest BCUT2D eigenvalue weighted by molar-refractivity contribution is 5.97. The molecule has 3 rings (SSSR count). The lowest BCUT2D eigenvalue weighted by molar-refractivity contribution is -0.149. The predicted molar refractivity (Wildman–Crippen MR) is 106 cm³/mol. The molecule has 0 unspecified atom stereocenters. The van der Waals surface area contributed by atoms with E-state index in [0.29, 0.717) is 11.3 Å². The highest BCUT2D eigenvalue weighted by atomic mass is 19.1. The van der Waals surface area contributed by atoms with E-state index in [-0.39, 0.29) is 0 Å². The zero-order chi connectivity index (χ0) is 19.8. The fourth-order valence-electron chi connectivity index (χ4n) is 2.53. The van der Waals surface area contributed by atoms with Crippen molar-refractivity contribution < 1.29 is 18.7 Å². The first-order chi connectivity index (χ1) is 13.6. The number of halogens is 1. The maximum atomic E-state index is 13.1. The first-order valence-electron chi connectivity index (χ1n) is 8.67. The molecule has 0 radical (unpaired) electrons. The summed E-state index contributed by atoms with van der Waals surface area (Å²) in [6.45, 7) is 0. The van der Waals surface area contributed by atoms with Crippen LogP contribution in [0.25, 0.3) is 6.08 Å². The molecule has 0 aromatic heterocycles. The third kappa shape index (κ3) is 5.38. The van der Waals surface area contributed by atoms with Crippen LogP contribution in [-0.4, -0.2) is 11.9 Å². The van der Waals surface area contributed by atoms with E-state index in [0.717, 1.165) is 5.56 Å². The van der Waals surface area contributed by atoms with Gasteiger partial charge in [-0.15, -0.1) is 0 Å². The van der Waals surface area contributed by atoms with Crippen LogP contribution in [0, 0.1) is 5.82 Å². The highest BCUT2D eigenvalue weighted by Crippen LogP contribution is 2.21. The van der Waals surface area contributed by atoms with Gasteiger partial charge in [-0.1, -0.05) is 60.7 Å². The predicted octanol–water partition coefficient (Wildman–Crippen LogP) is 4.76. The molecule has 4 nitrogen and oxygen atoms in total. The molecule has 0 aliphatic heterocycles. The van der Waals surface area contributed by atoms with Crippen molar-refractivity contribution in [3.8, 4) is 0 Å². The molecule has 1 atom stereocenters. The standard InChI is InChI=1S/C23H18FNO3/c24-19-12-14-20(15-13-19)25-23(27)22(18-9-5-2-6-10-18)28-21(26)16-11-17-7-3-1-4-8-17/h1-16,22H,(H,25,27)/b16-11+/t22-/m0/s1. The van der Waals surface area contributed by atoms with Gasteiger partial charge in [-0.25, -0.2) is 9.18 Å². The summed E-state index contributed by atoms with van der Waals surface area (Å²) < 4.78 is 18.5. The summed E-state index contributed by atoms with van der Waals surface area (Å²) in [6.07, 6.45) is 1.75. The Kier molecular flexibility index (Phi) is 6.31. The molecule has 0 saturated heterocycles. The summed E-state index contributed by atoms with van der Waals surface area (Å²) in [4.78, 5) is 25.0. The number of anilines is 1. The van der Waals surface area contributed by atoms with Gasteiger partial charge in [-0.3, -0.25) is 4.79 Å². The van der Waals surface area contributed by atoms with Crippen molar-refractivity contribution >= 4 is 23.6 Å². The van der Waals surface area contributed by atoms with Crippen molar-refractivity contribution in [2.24, 2.45) is 0 Å². The Bertz CT molecular complexity index is 954. The Morgan fingerprint density at radius 3 is 2.11 bits per heavy atom. The molecular weight excluding hydrogens is 357 g/mol. The van der Waals surface area contributed by atoms with E-state index in [9.17, 15) is 14.0 Å². The molecule has 1 amide bonds. The fourth-order valence-corrected chi connectivity index (χ4v) is 2.53. The van der Waals surface area contributed by atoms with E-state index in [2.05, 4.69) is 5.32 Å². The number of esters is 1. The van der Waals surface area contributed by atoms with Crippen LogP contribution in [0.5, 0.6) is 0 Å². The van der Waals surface area contributed by atoms with Gasteiger partial charge in [0.15, 0.2) is 0 Å². The maximum Gasteiger partial charge on any atom is 0.331 e. The molecule has 3 aromatic carbocycles. The first-order valence-corrected chi connectivity index (χ1v) is 8.67. The Morgan fingerprint density at radius 2 is 1.46 bits per heavy atom. The van der Waals surface area contributed by atoms with Crippen molar-refractivity contribution in [3.05, 3.63) is 108 Å². The van der Waals surface area contributed by atoms with Gasteiger partial charge in [0.2, 0.25) is 6.10 Å². The van der Waals surface area contributed by atoms with Crippen molar-refractivity contribution in [1.82, 2.24) is 0 Å². The van der Waals surface area contributed by atoms with E-state index in [1.54, 1.807) is 36.4 Å². The monoisotopic (exact) mass is 375 g/mol. The average molecular weight is 375 g/mol. The molecule has 0 aliphatic carbocycles. The van der Waals surface area contributed by atoms with Crippen LogP contribution in [-0.2, 0) is 14.3 Å². The molecule has 0 saturated carbocycles. The zero-order valence-corrected chi connectivity index (χ0v) is 14.9. The molecule has 140 valence electrons. The molecule has 5 heteroatoms. The molecule has 28 heavy (non-hydrogen) atoms. The number of hydrogen-bond acceptors (Lipinski definition) is 3. The first kappa shape index (κ1) is 19.0. The Hall–Kier alpha value is -3.73. The minimum Gasteiger partial charge on any atom is -0.444 e. The molecular formula is C23H18FNO3. The molecule has 1 N–H and O–H groups in total. The third-order valence-electron chi connectivity index (χ3n) is 3.90. The number of ether oxygens (including phenoxy) is 1. The summed E-state index contributed by atoms with van der Waals surface area (Å²) in [7, 11) is 0. The number of carbonyl (C=O) groups excluding carboxylic acids is 2. The van der Waals surface area contributed by atoms with Crippen LogP contribution in [0.15, 0.2) is 91.0 Å². The summed E-state index contributed by atoms with van der Waals surface area (Å²) >= 11 is 0. The normalized spacial score (nSPS) is 11.8. The van der Waals surface area contributed by atoms with Gasteiger partial charge in [0.1, 0.15) is 5.82 Å². The molecule has 0 fully saturated rings. The number of hydrogen-bond donors (Lipinski definition) is 1. The van der Waals surface area contributed by atoms with E-state index in [4.69, 9.17) is 4.74 Å². The minimum absolute atomic E-state index is 0.406. The average Bonchev–Trinajstić information content (AvgIpc) is 2.73. The number of amides is 1. The van der Waals surface area contributed by atoms with Gasteiger partial charge in [-0.2, -0.15) is 0 Å². The van der Waals surface area contributed by atoms with Gasteiger partial charge in [0.05, 0.1) is 0 Å². The van der Waals surface area contributed by atoms with Gasteiger partial charge >= 0.3 is 5.97 Å². The highest BCUT2D eigenvalue weighted by Gasteiger charge is 2.24. The molecule has 0 heterocycles. The zero-order valence-electron chi connectivity index (χ0n) is 14.9. The summed E-state index contributed by atoms with van der Waals surface area (Å²) in [5, 5.41) is 2.64. The van der Waals surface area contributed by atoms with Crippen LogP contribution in [0.1, 0.15) is 17.2 Å². The van der Waals surface area contributed by atoms with Crippen LogP contribution < -0.4 is 5.32 Å². The fraction of sp³-hybridized carbons (Fsp3) is 0.0435. The second-order valence-electron chi connectivity index (χ2n) is 5.97. The van der Waals surface area contributed by atoms with Gasteiger partial charge < -0.3 is 10.1 Å². The number of benzene rings is 3. The third-order valence-corrected chi connectivity index (χ3v) is 3.90. The van der Waals surface area contributed by atoms with Crippen molar-refractivity contribution in [2.75, 3.05) is 5.32 Å². The second-order valence-corrected chi connectivity index (χ2v) is 5.97. The number of carbonyl (C=O) groups is 2. The van der Waals surface area contributed by atoms with Gasteiger partial charge in [-0.05, 0) is 35.9 Å². The molecule has 0 bridgehead atoms. The van der Waals surface area contributed by atoms with E-state index >= 15 is 0 Å². The largest absolute Gasteiger partial charge is 0.444 e. The van der Waals surface area contributed by atoms with Crippen LogP contribution in [0.2, 0.25) is 0 Å². The SMILES string of the molecule is O=C(/C=C/c1ccccc1)O[C@H](C(=O)Nc1ccc(F)cc1)c1ccccc1. The van der Waals surface area contributed by atoms with E-state index in [1.165, 1.54) is 30.3 Å². The minimum atomic E-state index is -1.14. The Morgan fingerprint density at radius 1 is 0.857 bits per heavy atom. The van der Waals surface area contributed by atoms with E-state index in [1.807, 2.05) is 30.3 Å². The molecule has 3 aromatic rings. The van der Waals surface area contributed by atoms with Gasteiger partial charge in [0, 0.05) is 17.3 Å². The molecule has 0 spiro atoms. The van der Waals surface area contributed by atoms with Crippen molar-refractivity contribution in [1.29, 1.82) is 0 Å². The van der Waals surface area contributed by atoms with E-state index < -0.39 is 23.8 Å². The summed E-state index contributed by atoms with van der Waals surface area (Å²) in [6, 6.07) is 23.3. The molecule has 0 aliphatic rings. The second kappa shape index (κ2) is 9.28. The van der Waals surface area contributed by atoms with Gasteiger partial charge in [0.25, 0.3) is 5.91 Å². The summed E-state index contributed by atoms with van der Waals surface area (Å²) in [5.41, 5.74) is 1.78. The maximum absolute atomic E-state index is 13.1. The van der Waals surface area contributed by atoms with Crippen LogP contribution in [0.4, 0.5) is 10.1 Å². The topological polar surface area (TPSA) is 55.4 Å². The number of rotatable bonds is 6. The smallest absolute Gasteiger partial charge is 0.331 e. The lowest BCUT2D eigenvalue weighted by Gasteiger charge is -2.17. The lowest BCUT2D eigenvalue weighted by Crippen LogP contribution is -2.25. The Labute approximate surface area is 162 Å². The number of nitrogens with one attached hydrogen (secondary N) is 1.